The minimum Gasteiger partial charge on any atom is -0.504 e. The summed E-state index contributed by atoms with van der Waals surface area (Å²) >= 11 is 0. The first-order valence-corrected chi connectivity index (χ1v) is 6.13. The minimum absolute atomic E-state index is 0.175. The molecule has 3 heteroatoms. The van der Waals surface area contributed by atoms with Gasteiger partial charge in [0.1, 0.15) is 0 Å². The molecule has 1 aromatic rings. The fourth-order valence-corrected chi connectivity index (χ4v) is 1.98. The average molecular weight is 237 g/mol. The summed E-state index contributed by atoms with van der Waals surface area (Å²) in [6.07, 6.45) is 1.20. The molecule has 0 amide bonds. The van der Waals surface area contributed by atoms with Gasteiger partial charge in [0, 0.05) is 18.3 Å². The van der Waals surface area contributed by atoms with Gasteiger partial charge in [-0.05, 0) is 30.4 Å². The molecule has 3 nitrogen and oxygen atoms in total. The molecule has 1 atom stereocenters. The van der Waals surface area contributed by atoms with Crippen molar-refractivity contribution in [2.24, 2.45) is 11.8 Å². The molecular weight excluding hydrogens is 214 g/mol. The molecule has 0 bridgehead atoms. The number of methoxy groups -OCH3 is 1. The number of benzene rings is 1. The van der Waals surface area contributed by atoms with E-state index >= 15 is 0 Å². The van der Waals surface area contributed by atoms with Crippen molar-refractivity contribution in [2.75, 3.05) is 19.0 Å². The van der Waals surface area contributed by atoms with Crippen LogP contribution >= 0.6 is 0 Å². The van der Waals surface area contributed by atoms with E-state index in [0.29, 0.717) is 11.7 Å². The van der Waals surface area contributed by atoms with Crippen LogP contribution in [0.15, 0.2) is 18.2 Å². The number of phenolic OH excluding ortho intramolecular Hbond substituents is 1. The van der Waals surface area contributed by atoms with Gasteiger partial charge in [-0.25, -0.2) is 0 Å². The van der Waals surface area contributed by atoms with Crippen molar-refractivity contribution in [3.05, 3.63) is 18.2 Å². The summed E-state index contributed by atoms with van der Waals surface area (Å²) in [6, 6.07) is 5.38. The Labute approximate surface area is 104 Å². The van der Waals surface area contributed by atoms with Crippen LogP contribution in [0, 0.1) is 11.8 Å². The van der Waals surface area contributed by atoms with Gasteiger partial charge in [0.05, 0.1) is 7.11 Å². The van der Waals surface area contributed by atoms with Gasteiger partial charge in [0.25, 0.3) is 0 Å². The second-order valence-electron chi connectivity index (χ2n) is 5.00. The van der Waals surface area contributed by atoms with Crippen molar-refractivity contribution in [1.82, 2.24) is 0 Å². The molecule has 0 aliphatic carbocycles. The normalized spacial score (nSPS) is 12.5. The van der Waals surface area contributed by atoms with Gasteiger partial charge in [0.2, 0.25) is 0 Å². The molecule has 0 saturated carbocycles. The molecule has 0 aromatic heterocycles. The number of phenols is 1. The first kappa shape index (κ1) is 13.7. The van der Waals surface area contributed by atoms with E-state index in [-0.39, 0.29) is 5.75 Å². The molecule has 0 aliphatic rings. The van der Waals surface area contributed by atoms with E-state index in [1.807, 2.05) is 6.07 Å². The highest BCUT2D eigenvalue weighted by atomic mass is 16.5. The van der Waals surface area contributed by atoms with Crippen molar-refractivity contribution in [1.29, 1.82) is 0 Å². The first-order valence-electron chi connectivity index (χ1n) is 6.13. The Kier molecular flexibility index (Phi) is 5.13. The Bertz CT molecular complexity index is 350. The number of aromatic hydroxyl groups is 1. The second-order valence-corrected chi connectivity index (χ2v) is 5.00. The zero-order valence-electron chi connectivity index (χ0n) is 11.2. The van der Waals surface area contributed by atoms with Crippen LogP contribution in [0.1, 0.15) is 27.2 Å². The molecule has 2 N–H and O–H groups in total. The Morgan fingerprint density at radius 1 is 1.29 bits per heavy atom. The largest absolute Gasteiger partial charge is 0.504 e. The van der Waals surface area contributed by atoms with Gasteiger partial charge in [-0.3, -0.25) is 0 Å². The molecule has 0 saturated heterocycles. The number of anilines is 1. The van der Waals surface area contributed by atoms with Gasteiger partial charge in [-0.1, -0.05) is 20.8 Å². The third-order valence-electron chi connectivity index (χ3n) is 2.71. The van der Waals surface area contributed by atoms with Gasteiger partial charge in [-0.15, -0.1) is 0 Å². The van der Waals surface area contributed by atoms with Crippen LogP contribution in [-0.4, -0.2) is 18.8 Å². The molecule has 1 aromatic carbocycles. The van der Waals surface area contributed by atoms with Gasteiger partial charge in [0.15, 0.2) is 11.5 Å². The fourth-order valence-electron chi connectivity index (χ4n) is 1.98. The van der Waals surface area contributed by atoms with E-state index < -0.39 is 0 Å². The molecule has 0 fully saturated rings. The molecule has 1 unspecified atom stereocenters. The highest BCUT2D eigenvalue weighted by molar-refractivity contribution is 5.54. The van der Waals surface area contributed by atoms with Crippen molar-refractivity contribution >= 4 is 5.69 Å². The summed E-state index contributed by atoms with van der Waals surface area (Å²) in [5.41, 5.74) is 0.930. The molecule has 17 heavy (non-hydrogen) atoms. The molecule has 0 heterocycles. The minimum atomic E-state index is 0.175. The zero-order valence-corrected chi connectivity index (χ0v) is 11.2. The predicted molar refractivity (Wildman–Crippen MR) is 71.8 cm³/mol. The van der Waals surface area contributed by atoms with Gasteiger partial charge >= 0.3 is 0 Å². The van der Waals surface area contributed by atoms with Crippen LogP contribution in [0.2, 0.25) is 0 Å². The summed E-state index contributed by atoms with van der Waals surface area (Å²) in [7, 11) is 1.55. The number of nitrogens with one attached hydrogen (secondary N) is 1. The zero-order chi connectivity index (χ0) is 12.8. The third kappa shape index (κ3) is 4.55. The lowest BCUT2D eigenvalue weighted by molar-refractivity contribution is 0.373. The van der Waals surface area contributed by atoms with Crippen LogP contribution in [-0.2, 0) is 0 Å². The van der Waals surface area contributed by atoms with E-state index in [1.54, 1.807) is 19.2 Å². The van der Waals surface area contributed by atoms with E-state index in [0.717, 1.165) is 18.2 Å². The first-order chi connectivity index (χ1) is 8.02. The lowest BCUT2D eigenvalue weighted by atomic mass is 9.99. The van der Waals surface area contributed by atoms with Gasteiger partial charge in [-0.2, -0.15) is 0 Å². The lowest BCUT2D eigenvalue weighted by Gasteiger charge is -2.16. The molecule has 0 radical (unpaired) electrons. The van der Waals surface area contributed by atoms with Crippen LogP contribution in [0.25, 0.3) is 0 Å². The Hall–Kier alpha value is -1.38. The Balaban J connectivity index is 2.49. The summed E-state index contributed by atoms with van der Waals surface area (Å²) in [5.74, 6) is 2.02. The van der Waals surface area contributed by atoms with Crippen molar-refractivity contribution in [3.63, 3.8) is 0 Å². The molecule has 0 spiro atoms. The standard InChI is InChI=1S/C14H23NO2/c1-10(2)7-11(3)9-15-12-5-6-14(17-4)13(16)8-12/h5-6,8,10-11,15-16H,7,9H2,1-4H3. The topological polar surface area (TPSA) is 41.5 Å². The summed E-state index contributed by atoms with van der Waals surface area (Å²) < 4.78 is 5.00. The Morgan fingerprint density at radius 3 is 2.53 bits per heavy atom. The number of hydrogen-bond acceptors (Lipinski definition) is 3. The van der Waals surface area contributed by atoms with Crippen LogP contribution in [0.4, 0.5) is 5.69 Å². The van der Waals surface area contributed by atoms with E-state index in [2.05, 4.69) is 26.1 Å². The number of ether oxygens (including phenoxy) is 1. The maximum atomic E-state index is 9.64. The van der Waals surface area contributed by atoms with Gasteiger partial charge < -0.3 is 15.2 Å². The summed E-state index contributed by atoms with van der Waals surface area (Å²) in [6.45, 7) is 7.62. The van der Waals surface area contributed by atoms with Crippen molar-refractivity contribution < 1.29 is 9.84 Å². The van der Waals surface area contributed by atoms with Crippen LogP contribution in [0.5, 0.6) is 11.5 Å². The highest BCUT2D eigenvalue weighted by Gasteiger charge is 2.06. The third-order valence-corrected chi connectivity index (χ3v) is 2.71. The Morgan fingerprint density at radius 2 is 2.00 bits per heavy atom. The maximum Gasteiger partial charge on any atom is 0.160 e. The van der Waals surface area contributed by atoms with Crippen LogP contribution < -0.4 is 10.1 Å². The van der Waals surface area contributed by atoms with Crippen LogP contribution in [0.3, 0.4) is 0 Å². The number of rotatable bonds is 6. The maximum absolute atomic E-state index is 9.64. The quantitative estimate of drug-likeness (QED) is 0.795. The summed E-state index contributed by atoms with van der Waals surface area (Å²) in [5, 5.41) is 13.0. The average Bonchev–Trinajstić information content (AvgIpc) is 2.25. The SMILES string of the molecule is COc1ccc(NCC(C)CC(C)C)cc1O. The molecular formula is C14H23NO2. The number of hydrogen-bond donors (Lipinski definition) is 2. The monoisotopic (exact) mass is 237 g/mol. The fraction of sp³-hybridized carbons (Fsp3) is 0.571. The predicted octanol–water partition coefficient (Wildman–Crippen LogP) is 3.49. The highest BCUT2D eigenvalue weighted by Crippen LogP contribution is 2.28. The molecule has 0 aliphatic heterocycles. The van der Waals surface area contributed by atoms with Crippen molar-refractivity contribution in [2.45, 2.75) is 27.2 Å². The van der Waals surface area contributed by atoms with E-state index in [1.165, 1.54) is 6.42 Å². The molecule has 96 valence electrons. The molecule has 1 rings (SSSR count). The van der Waals surface area contributed by atoms with E-state index in [9.17, 15) is 5.11 Å². The lowest BCUT2D eigenvalue weighted by Crippen LogP contribution is -2.13. The van der Waals surface area contributed by atoms with E-state index in [4.69, 9.17) is 4.74 Å². The second kappa shape index (κ2) is 6.38. The smallest absolute Gasteiger partial charge is 0.160 e. The summed E-state index contributed by atoms with van der Waals surface area (Å²) in [4.78, 5) is 0. The van der Waals surface area contributed by atoms with Crippen molar-refractivity contribution in [3.8, 4) is 11.5 Å².